The van der Waals surface area contributed by atoms with E-state index in [1.165, 1.54) is 6.33 Å². The van der Waals surface area contributed by atoms with Crippen molar-refractivity contribution in [3.8, 4) is 0 Å². The lowest BCUT2D eigenvalue weighted by Gasteiger charge is -2.17. The zero-order valence-corrected chi connectivity index (χ0v) is 11.3. The van der Waals surface area contributed by atoms with Gasteiger partial charge in [0.05, 0.1) is 12.1 Å². The molecular formula is C14H15N5O. The van der Waals surface area contributed by atoms with E-state index >= 15 is 0 Å². The first-order valence-electron chi connectivity index (χ1n) is 6.36. The number of anilines is 4. The molecule has 1 amide bonds. The van der Waals surface area contributed by atoms with Crippen molar-refractivity contribution >= 4 is 28.9 Å². The predicted molar refractivity (Wildman–Crippen MR) is 78.4 cm³/mol. The Kier molecular flexibility index (Phi) is 2.98. The molecule has 0 atom stereocenters. The van der Waals surface area contributed by atoms with Crippen LogP contribution in [0.2, 0.25) is 0 Å². The maximum absolute atomic E-state index is 12.3. The summed E-state index contributed by atoms with van der Waals surface area (Å²) in [6, 6.07) is 7.64. The van der Waals surface area contributed by atoms with E-state index in [2.05, 4.69) is 20.6 Å². The second-order valence-electron chi connectivity index (χ2n) is 4.51. The summed E-state index contributed by atoms with van der Waals surface area (Å²) in [7, 11) is 3.64. The van der Waals surface area contributed by atoms with Crippen LogP contribution >= 0.6 is 0 Å². The van der Waals surface area contributed by atoms with Crippen LogP contribution in [0.3, 0.4) is 0 Å². The van der Waals surface area contributed by atoms with Gasteiger partial charge in [-0.3, -0.25) is 9.69 Å². The first-order valence-corrected chi connectivity index (χ1v) is 6.36. The van der Waals surface area contributed by atoms with Crippen LogP contribution in [0, 0.1) is 0 Å². The van der Waals surface area contributed by atoms with Crippen LogP contribution in [0.4, 0.5) is 23.0 Å². The molecule has 6 heteroatoms. The predicted octanol–water partition coefficient (Wildman–Crippen LogP) is 1.78. The first-order chi connectivity index (χ1) is 9.72. The highest BCUT2D eigenvalue weighted by molar-refractivity contribution is 6.07. The van der Waals surface area contributed by atoms with Crippen LogP contribution < -0.4 is 15.5 Å². The molecule has 0 spiro atoms. The fourth-order valence-corrected chi connectivity index (χ4v) is 2.33. The second-order valence-corrected chi connectivity index (χ2v) is 4.51. The van der Waals surface area contributed by atoms with Gasteiger partial charge < -0.3 is 10.6 Å². The van der Waals surface area contributed by atoms with Crippen molar-refractivity contribution < 1.29 is 4.79 Å². The van der Waals surface area contributed by atoms with Crippen molar-refractivity contribution in [3.05, 3.63) is 36.2 Å². The van der Waals surface area contributed by atoms with Crippen LogP contribution in [-0.4, -0.2) is 30.0 Å². The standard InChI is InChI=1S/C14H15N5O/c1-15-10-3-4-11-9(5-10)6-14(20)19(11)13-7-12(16-2)17-8-18-13/h3-5,7-8,15H,6H2,1-2H3,(H,16,17,18). The number of benzene rings is 1. The SMILES string of the molecule is CNc1ccc2c(c1)CC(=O)N2c1cc(NC)ncn1. The molecule has 1 aliphatic heterocycles. The van der Waals surface area contributed by atoms with Gasteiger partial charge in [-0.2, -0.15) is 0 Å². The van der Waals surface area contributed by atoms with Crippen molar-refractivity contribution in [3.63, 3.8) is 0 Å². The molecule has 20 heavy (non-hydrogen) atoms. The van der Waals surface area contributed by atoms with Crippen LogP contribution in [0.15, 0.2) is 30.6 Å². The molecule has 0 radical (unpaired) electrons. The summed E-state index contributed by atoms with van der Waals surface area (Å²) < 4.78 is 0. The monoisotopic (exact) mass is 269 g/mol. The van der Waals surface area contributed by atoms with Gasteiger partial charge in [0.1, 0.15) is 18.0 Å². The average molecular weight is 269 g/mol. The number of rotatable bonds is 3. The van der Waals surface area contributed by atoms with E-state index in [1.807, 2.05) is 25.2 Å². The molecule has 0 saturated carbocycles. The molecule has 0 unspecified atom stereocenters. The van der Waals surface area contributed by atoms with Crippen molar-refractivity contribution in [1.29, 1.82) is 0 Å². The molecule has 2 N–H and O–H groups in total. The Hall–Kier alpha value is -2.63. The molecule has 1 aromatic carbocycles. The quantitative estimate of drug-likeness (QED) is 0.888. The fraction of sp³-hybridized carbons (Fsp3) is 0.214. The third kappa shape index (κ3) is 1.95. The lowest BCUT2D eigenvalue weighted by Crippen LogP contribution is -2.22. The van der Waals surface area contributed by atoms with Crippen LogP contribution in [0.5, 0.6) is 0 Å². The largest absolute Gasteiger partial charge is 0.388 e. The Morgan fingerprint density at radius 1 is 1.15 bits per heavy atom. The Balaban J connectivity index is 2.05. The molecule has 0 saturated heterocycles. The molecular weight excluding hydrogens is 254 g/mol. The van der Waals surface area contributed by atoms with Gasteiger partial charge in [0.15, 0.2) is 0 Å². The third-order valence-electron chi connectivity index (χ3n) is 3.34. The number of nitrogens with one attached hydrogen (secondary N) is 2. The molecule has 0 aliphatic carbocycles. The van der Waals surface area contributed by atoms with Crippen LogP contribution in [0.25, 0.3) is 0 Å². The van der Waals surface area contributed by atoms with Crippen LogP contribution in [0.1, 0.15) is 5.56 Å². The lowest BCUT2D eigenvalue weighted by atomic mass is 10.1. The molecule has 0 fully saturated rings. The number of nitrogens with zero attached hydrogens (tertiary/aromatic N) is 3. The molecule has 1 aromatic heterocycles. The van der Waals surface area contributed by atoms with Crippen LogP contribution in [-0.2, 0) is 11.2 Å². The van der Waals surface area contributed by atoms with E-state index in [0.29, 0.717) is 18.1 Å². The van der Waals surface area contributed by atoms with Gasteiger partial charge in [-0.15, -0.1) is 0 Å². The highest BCUT2D eigenvalue weighted by atomic mass is 16.2. The highest BCUT2D eigenvalue weighted by Gasteiger charge is 2.29. The number of hydrogen-bond acceptors (Lipinski definition) is 5. The van der Waals surface area contributed by atoms with E-state index in [1.54, 1.807) is 18.0 Å². The molecule has 2 aromatic rings. The Labute approximate surface area is 116 Å². The van der Waals surface area contributed by atoms with Gasteiger partial charge >= 0.3 is 0 Å². The summed E-state index contributed by atoms with van der Waals surface area (Å²) in [6.07, 6.45) is 1.85. The second kappa shape index (κ2) is 4.80. The zero-order valence-electron chi connectivity index (χ0n) is 11.3. The molecule has 2 heterocycles. The van der Waals surface area contributed by atoms with E-state index in [-0.39, 0.29) is 5.91 Å². The highest BCUT2D eigenvalue weighted by Crippen LogP contribution is 2.36. The molecule has 102 valence electrons. The van der Waals surface area contributed by atoms with Gasteiger partial charge in [0.2, 0.25) is 5.91 Å². The summed E-state index contributed by atoms with van der Waals surface area (Å²) in [5, 5.41) is 6.03. The summed E-state index contributed by atoms with van der Waals surface area (Å²) in [5.41, 5.74) is 2.89. The molecule has 6 nitrogen and oxygen atoms in total. The summed E-state index contributed by atoms with van der Waals surface area (Å²) in [6.45, 7) is 0. The van der Waals surface area contributed by atoms with Crippen molar-refractivity contribution in [2.45, 2.75) is 6.42 Å². The zero-order chi connectivity index (χ0) is 14.1. The normalized spacial score (nSPS) is 13.3. The van der Waals surface area contributed by atoms with Gasteiger partial charge in [0.25, 0.3) is 0 Å². The van der Waals surface area contributed by atoms with Gasteiger partial charge in [-0.05, 0) is 23.8 Å². The van der Waals surface area contributed by atoms with Gasteiger partial charge in [-0.1, -0.05) is 0 Å². The summed E-state index contributed by atoms with van der Waals surface area (Å²) in [5.74, 6) is 1.29. The Morgan fingerprint density at radius 3 is 2.75 bits per heavy atom. The lowest BCUT2D eigenvalue weighted by molar-refractivity contribution is -0.116. The number of fused-ring (bicyclic) bond motifs is 1. The average Bonchev–Trinajstić information content (AvgIpc) is 2.82. The third-order valence-corrected chi connectivity index (χ3v) is 3.34. The number of aromatic nitrogens is 2. The van der Waals surface area contributed by atoms with E-state index in [9.17, 15) is 4.79 Å². The minimum Gasteiger partial charge on any atom is -0.388 e. The number of carbonyl (C=O) groups excluding carboxylic acids is 1. The van der Waals surface area contributed by atoms with E-state index < -0.39 is 0 Å². The Bertz CT molecular complexity index is 670. The smallest absolute Gasteiger partial charge is 0.237 e. The Morgan fingerprint density at radius 2 is 2.00 bits per heavy atom. The first kappa shape index (κ1) is 12.4. The van der Waals surface area contributed by atoms with Gasteiger partial charge in [-0.25, -0.2) is 9.97 Å². The maximum Gasteiger partial charge on any atom is 0.237 e. The number of carbonyl (C=O) groups is 1. The number of hydrogen-bond donors (Lipinski definition) is 2. The van der Waals surface area contributed by atoms with E-state index in [0.717, 1.165) is 16.9 Å². The van der Waals surface area contributed by atoms with Crippen molar-refractivity contribution in [1.82, 2.24) is 9.97 Å². The molecule has 1 aliphatic rings. The molecule has 3 rings (SSSR count). The summed E-state index contributed by atoms with van der Waals surface area (Å²) >= 11 is 0. The number of amides is 1. The molecule has 0 bridgehead atoms. The maximum atomic E-state index is 12.3. The minimum atomic E-state index is 0.0222. The fourth-order valence-electron chi connectivity index (χ4n) is 2.33. The minimum absolute atomic E-state index is 0.0222. The summed E-state index contributed by atoms with van der Waals surface area (Å²) in [4.78, 5) is 22.2. The van der Waals surface area contributed by atoms with Crippen molar-refractivity contribution in [2.75, 3.05) is 29.6 Å². The van der Waals surface area contributed by atoms with Gasteiger partial charge in [0, 0.05) is 25.8 Å². The van der Waals surface area contributed by atoms with E-state index in [4.69, 9.17) is 0 Å². The van der Waals surface area contributed by atoms with Crippen molar-refractivity contribution in [2.24, 2.45) is 0 Å². The topological polar surface area (TPSA) is 70.2 Å².